The van der Waals surface area contributed by atoms with Crippen molar-refractivity contribution in [1.29, 1.82) is 0 Å². The number of benzene rings is 1. The second kappa shape index (κ2) is 10.6. The van der Waals surface area contributed by atoms with Gasteiger partial charge in [-0.15, -0.1) is 12.4 Å². The van der Waals surface area contributed by atoms with Gasteiger partial charge in [0.15, 0.2) is 0 Å². The first-order valence-electron chi connectivity index (χ1n) is 6.85. The van der Waals surface area contributed by atoms with Crippen LogP contribution in [0.25, 0.3) is 0 Å². The Kier molecular flexibility index (Phi) is 10.0. The van der Waals surface area contributed by atoms with E-state index in [1.54, 1.807) is 6.07 Å². The van der Waals surface area contributed by atoms with Crippen LogP contribution in [0.15, 0.2) is 24.3 Å². The maximum Gasteiger partial charge on any atom is 0.222 e. The van der Waals surface area contributed by atoms with Crippen molar-refractivity contribution in [1.82, 2.24) is 5.32 Å². The molecule has 0 heterocycles. The van der Waals surface area contributed by atoms with Crippen LogP contribution in [0.2, 0.25) is 0 Å². The van der Waals surface area contributed by atoms with E-state index in [9.17, 15) is 9.18 Å². The summed E-state index contributed by atoms with van der Waals surface area (Å²) in [6, 6.07) is 6.53. The van der Waals surface area contributed by atoms with Gasteiger partial charge in [-0.25, -0.2) is 4.39 Å². The first-order chi connectivity index (χ1) is 9.13. The SMILES string of the molecule is CC(CCc1cccc(F)c1)C(=O)NCCCCN.Cl. The van der Waals surface area contributed by atoms with Crippen LogP contribution in [-0.4, -0.2) is 19.0 Å². The minimum Gasteiger partial charge on any atom is -0.356 e. The highest BCUT2D eigenvalue weighted by molar-refractivity contribution is 5.85. The van der Waals surface area contributed by atoms with Gasteiger partial charge < -0.3 is 11.1 Å². The summed E-state index contributed by atoms with van der Waals surface area (Å²) in [5.74, 6) is -0.217. The lowest BCUT2D eigenvalue weighted by molar-refractivity contribution is -0.124. The van der Waals surface area contributed by atoms with Gasteiger partial charge in [0.05, 0.1) is 0 Å². The molecule has 20 heavy (non-hydrogen) atoms. The molecule has 0 saturated heterocycles. The van der Waals surface area contributed by atoms with E-state index in [-0.39, 0.29) is 30.0 Å². The van der Waals surface area contributed by atoms with Crippen LogP contribution in [-0.2, 0) is 11.2 Å². The van der Waals surface area contributed by atoms with Gasteiger partial charge in [0.1, 0.15) is 5.82 Å². The van der Waals surface area contributed by atoms with Crippen LogP contribution in [0.3, 0.4) is 0 Å². The maximum absolute atomic E-state index is 13.0. The molecule has 0 aliphatic carbocycles. The summed E-state index contributed by atoms with van der Waals surface area (Å²) in [5, 5.41) is 2.90. The van der Waals surface area contributed by atoms with Crippen LogP contribution < -0.4 is 11.1 Å². The van der Waals surface area contributed by atoms with E-state index in [0.29, 0.717) is 13.1 Å². The fourth-order valence-electron chi connectivity index (χ4n) is 1.86. The standard InChI is InChI=1S/C15H23FN2O.ClH/c1-12(15(19)18-10-3-2-9-17)7-8-13-5-4-6-14(16)11-13;/h4-6,11-12H,2-3,7-10,17H2,1H3,(H,18,19);1H. The lowest BCUT2D eigenvalue weighted by Crippen LogP contribution is -2.30. The van der Waals surface area contributed by atoms with Gasteiger partial charge >= 0.3 is 0 Å². The third kappa shape index (κ3) is 7.46. The number of hydrogen-bond donors (Lipinski definition) is 2. The Labute approximate surface area is 126 Å². The maximum atomic E-state index is 13.0. The minimum atomic E-state index is -0.226. The molecule has 0 bridgehead atoms. The summed E-state index contributed by atoms with van der Waals surface area (Å²) in [5.41, 5.74) is 6.32. The zero-order valence-electron chi connectivity index (χ0n) is 11.9. The Hall–Kier alpha value is -1.13. The second-order valence-electron chi connectivity index (χ2n) is 4.86. The molecule has 3 nitrogen and oxygen atoms in total. The molecule has 0 aliphatic heterocycles. The molecule has 1 amide bonds. The molecule has 0 aliphatic rings. The highest BCUT2D eigenvalue weighted by atomic mass is 35.5. The van der Waals surface area contributed by atoms with Gasteiger partial charge in [0.2, 0.25) is 5.91 Å². The number of nitrogens with two attached hydrogens (primary N) is 1. The predicted molar refractivity (Wildman–Crippen MR) is 82.4 cm³/mol. The van der Waals surface area contributed by atoms with Gasteiger partial charge in [-0.3, -0.25) is 4.79 Å². The number of carbonyl (C=O) groups excluding carboxylic acids is 1. The first-order valence-corrected chi connectivity index (χ1v) is 6.85. The fraction of sp³-hybridized carbons (Fsp3) is 0.533. The Bertz CT molecular complexity index is 401. The minimum absolute atomic E-state index is 0. The molecule has 5 heteroatoms. The normalized spacial score (nSPS) is 11.6. The number of hydrogen-bond acceptors (Lipinski definition) is 2. The van der Waals surface area contributed by atoms with Crippen molar-refractivity contribution in [2.45, 2.75) is 32.6 Å². The van der Waals surface area contributed by atoms with Gasteiger partial charge in [-0.2, -0.15) is 0 Å². The smallest absolute Gasteiger partial charge is 0.222 e. The van der Waals surface area contributed by atoms with E-state index in [1.807, 2.05) is 13.0 Å². The van der Waals surface area contributed by atoms with E-state index >= 15 is 0 Å². The van der Waals surface area contributed by atoms with E-state index in [0.717, 1.165) is 31.2 Å². The third-order valence-electron chi connectivity index (χ3n) is 3.13. The largest absolute Gasteiger partial charge is 0.356 e. The number of amides is 1. The molecule has 1 aromatic rings. The van der Waals surface area contributed by atoms with Gasteiger partial charge in [-0.1, -0.05) is 19.1 Å². The van der Waals surface area contributed by atoms with Gasteiger partial charge in [-0.05, 0) is 49.9 Å². The third-order valence-corrected chi connectivity index (χ3v) is 3.13. The second-order valence-corrected chi connectivity index (χ2v) is 4.86. The van der Waals surface area contributed by atoms with Crippen LogP contribution in [0.1, 0.15) is 31.7 Å². The molecule has 0 spiro atoms. The first kappa shape index (κ1) is 18.9. The van der Waals surface area contributed by atoms with Crippen molar-refractivity contribution in [2.24, 2.45) is 11.7 Å². The highest BCUT2D eigenvalue weighted by Crippen LogP contribution is 2.11. The van der Waals surface area contributed by atoms with Crippen LogP contribution in [0, 0.1) is 11.7 Å². The van der Waals surface area contributed by atoms with Crippen molar-refractivity contribution in [2.75, 3.05) is 13.1 Å². The monoisotopic (exact) mass is 302 g/mol. The molecule has 1 rings (SSSR count). The molecule has 0 radical (unpaired) electrons. The van der Waals surface area contributed by atoms with Crippen molar-refractivity contribution >= 4 is 18.3 Å². The number of aryl methyl sites for hydroxylation is 1. The molecule has 3 N–H and O–H groups in total. The van der Waals surface area contributed by atoms with Gasteiger partial charge in [0.25, 0.3) is 0 Å². The summed E-state index contributed by atoms with van der Waals surface area (Å²) >= 11 is 0. The number of unbranched alkanes of at least 4 members (excludes halogenated alkanes) is 1. The van der Waals surface area contributed by atoms with E-state index < -0.39 is 0 Å². The summed E-state index contributed by atoms with van der Waals surface area (Å²) < 4.78 is 13.0. The zero-order chi connectivity index (χ0) is 14.1. The summed E-state index contributed by atoms with van der Waals surface area (Å²) in [6.07, 6.45) is 3.29. The lowest BCUT2D eigenvalue weighted by atomic mass is 10.0. The number of nitrogens with one attached hydrogen (secondary N) is 1. The average molecular weight is 303 g/mol. The molecule has 1 atom stereocenters. The summed E-state index contributed by atoms with van der Waals surface area (Å²) in [6.45, 7) is 3.24. The van der Waals surface area contributed by atoms with Crippen LogP contribution >= 0.6 is 12.4 Å². The predicted octanol–water partition coefficient (Wildman–Crippen LogP) is 2.67. The Morgan fingerprint density at radius 2 is 2.15 bits per heavy atom. The highest BCUT2D eigenvalue weighted by Gasteiger charge is 2.12. The lowest BCUT2D eigenvalue weighted by Gasteiger charge is -2.12. The molecule has 0 fully saturated rings. The molecular formula is C15H24ClFN2O. The number of carbonyl (C=O) groups is 1. The van der Waals surface area contributed by atoms with E-state index in [1.165, 1.54) is 12.1 Å². The van der Waals surface area contributed by atoms with Crippen LogP contribution in [0.5, 0.6) is 0 Å². The Balaban J connectivity index is 0.00000361. The molecule has 1 unspecified atom stereocenters. The molecular weight excluding hydrogens is 279 g/mol. The molecule has 114 valence electrons. The quantitative estimate of drug-likeness (QED) is 0.725. The fourth-order valence-corrected chi connectivity index (χ4v) is 1.86. The summed E-state index contributed by atoms with van der Waals surface area (Å²) in [7, 11) is 0. The van der Waals surface area contributed by atoms with E-state index in [2.05, 4.69) is 5.32 Å². The van der Waals surface area contributed by atoms with Crippen molar-refractivity contribution in [3.63, 3.8) is 0 Å². The van der Waals surface area contributed by atoms with Crippen molar-refractivity contribution in [3.8, 4) is 0 Å². The Morgan fingerprint density at radius 1 is 1.40 bits per heavy atom. The Morgan fingerprint density at radius 3 is 2.80 bits per heavy atom. The average Bonchev–Trinajstić information content (AvgIpc) is 2.41. The summed E-state index contributed by atoms with van der Waals surface area (Å²) in [4.78, 5) is 11.8. The van der Waals surface area contributed by atoms with Crippen molar-refractivity contribution < 1.29 is 9.18 Å². The topological polar surface area (TPSA) is 55.1 Å². The zero-order valence-corrected chi connectivity index (χ0v) is 12.7. The molecule has 0 saturated carbocycles. The number of halogens is 2. The van der Waals surface area contributed by atoms with E-state index in [4.69, 9.17) is 5.73 Å². The number of rotatable bonds is 8. The van der Waals surface area contributed by atoms with Crippen LogP contribution in [0.4, 0.5) is 4.39 Å². The molecule has 1 aromatic carbocycles. The van der Waals surface area contributed by atoms with Crippen molar-refractivity contribution in [3.05, 3.63) is 35.6 Å². The molecule has 0 aromatic heterocycles. The van der Waals surface area contributed by atoms with Gasteiger partial charge in [0, 0.05) is 12.5 Å².